The number of hydrogen-bond acceptors (Lipinski definition) is 5. The van der Waals surface area contributed by atoms with Gasteiger partial charge in [-0.25, -0.2) is 9.98 Å². The fraction of sp³-hybridized carbons (Fsp3) is 0.280. The van der Waals surface area contributed by atoms with Crippen LogP contribution in [-0.4, -0.2) is 62.2 Å². The number of carbonyl (C=O) groups is 2. The Kier molecular flexibility index (Phi) is 8.86. The molecule has 2 amide bonds. The van der Waals surface area contributed by atoms with Crippen LogP contribution in [-0.2, 0) is 16.0 Å². The van der Waals surface area contributed by atoms with Crippen LogP contribution in [0.15, 0.2) is 59.0 Å². The fourth-order valence-corrected chi connectivity index (χ4v) is 3.83. The lowest BCUT2D eigenvalue weighted by Gasteiger charge is -2.35. The van der Waals surface area contributed by atoms with Crippen molar-refractivity contribution in [3.05, 3.63) is 59.6 Å². The van der Waals surface area contributed by atoms with E-state index in [4.69, 9.17) is 22.1 Å². The molecule has 0 atom stereocenters. The third-order valence-electron chi connectivity index (χ3n) is 5.34. The summed E-state index contributed by atoms with van der Waals surface area (Å²) in [4.78, 5) is 36.9. The van der Waals surface area contributed by atoms with Gasteiger partial charge in [0.15, 0.2) is 0 Å². The van der Waals surface area contributed by atoms with Crippen molar-refractivity contribution in [2.75, 3.05) is 43.5 Å². The molecule has 1 heterocycles. The van der Waals surface area contributed by atoms with Crippen molar-refractivity contribution in [3.8, 4) is 5.75 Å². The molecular weight excluding hydrogens is 468 g/mol. The van der Waals surface area contributed by atoms with Gasteiger partial charge >= 0.3 is 0 Å². The first-order valence-electron chi connectivity index (χ1n) is 11.0. The van der Waals surface area contributed by atoms with Crippen LogP contribution >= 0.6 is 11.6 Å². The quantitative estimate of drug-likeness (QED) is 0.314. The third kappa shape index (κ3) is 7.07. The highest BCUT2D eigenvalue weighted by molar-refractivity contribution is 6.31. The van der Waals surface area contributed by atoms with Gasteiger partial charge in [-0.1, -0.05) is 23.7 Å². The van der Waals surface area contributed by atoms with E-state index in [0.29, 0.717) is 47.5 Å². The number of piperazine rings is 1. The lowest BCUT2D eigenvalue weighted by atomic mass is 10.1. The molecule has 9 nitrogen and oxygen atoms in total. The Labute approximate surface area is 209 Å². The number of ether oxygens (including phenoxy) is 1. The summed E-state index contributed by atoms with van der Waals surface area (Å²) >= 11 is 6.25. The summed E-state index contributed by atoms with van der Waals surface area (Å²) in [7, 11) is 1.55. The maximum Gasteiger partial charge on any atom is 0.243 e. The number of carbonyl (C=O) groups excluding carboxylic acids is 2. The molecule has 1 saturated heterocycles. The van der Waals surface area contributed by atoms with Crippen molar-refractivity contribution in [3.63, 3.8) is 0 Å². The second kappa shape index (κ2) is 12.0. The van der Waals surface area contributed by atoms with Crippen molar-refractivity contribution in [1.29, 1.82) is 0 Å². The van der Waals surface area contributed by atoms with Crippen LogP contribution in [0.2, 0.25) is 5.02 Å². The van der Waals surface area contributed by atoms with Gasteiger partial charge in [0.05, 0.1) is 26.0 Å². The van der Waals surface area contributed by atoms with Crippen molar-refractivity contribution >= 4 is 52.7 Å². The van der Waals surface area contributed by atoms with E-state index in [0.717, 1.165) is 11.3 Å². The number of benzene rings is 2. The molecule has 35 heavy (non-hydrogen) atoms. The number of amidine groups is 1. The number of allylic oxidation sites excluding steroid dienone is 1. The lowest BCUT2D eigenvalue weighted by Crippen LogP contribution is -2.52. The molecule has 1 aliphatic rings. The molecule has 3 N–H and O–H groups in total. The summed E-state index contributed by atoms with van der Waals surface area (Å²) in [6, 6.07) is 10.8. The number of nitrogens with two attached hydrogens (primary N) is 1. The van der Waals surface area contributed by atoms with E-state index in [2.05, 4.69) is 21.9 Å². The van der Waals surface area contributed by atoms with Crippen LogP contribution in [0.1, 0.15) is 12.5 Å². The van der Waals surface area contributed by atoms with Crippen molar-refractivity contribution in [2.24, 2.45) is 15.7 Å². The second-order valence-electron chi connectivity index (χ2n) is 7.96. The summed E-state index contributed by atoms with van der Waals surface area (Å²) in [5.74, 6) is 0.536. The number of amides is 2. The van der Waals surface area contributed by atoms with Gasteiger partial charge in [0.2, 0.25) is 11.8 Å². The van der Waals surface area contributed by atoms with Gasteiger partial charge in [-0.15, -0.1) is 6.58 Å². The number of methoxy groups -OCH3 is 1. The highest BCUT2D eigenvalue weighted by Gasteiger charge is 2.26. The number of anilines is 2. The molecule has 0 spiro atoms. The SMILES string of the molecule is C=CCc1ccc(NC(=O)CN2CCN(c3ccc(N=CN=C(C)N)c(OC)c3)CC2=O)cc1Cl. The van der Waals surface area contributed by atoms with Gasteiger partial charge in [-0.3, -0.25) is 9.59 Å². The molecule has 0 saturated carbocycles. The fourth-order valence-electron chi connectivity index (χ4n) is 3.57. The maximum absolute atomic E-state index is 12.8. The first kappa shape index (κ1) is 25.8. The number of halogens is 1. The van der Waals surface area contributed by atoms with Gasteiger partial charge in [0, 0.05) is 35.6 Å². The average Bonchev–Trinajstić information content (AvgIpc) is 2.82. The lowest BCUT2D eigenvalue weighted by molar-refractivity contribution is -0.134. The van der Waals surface area contributed by atoms with E-state index in [1.807, 2.05) is 23.1 Å². The molecule has 3 rings (SSSR count). The second-order valence-corrected chi connectivity index (χ2v) is 8.36. The molecule has 0 aliphatic carbocycles. The van der Waals surface area contributed by atoms with Gasteiger partial charge < -0.3 is 25.6 Å². The summed E-state index contributed by atoms with van der Waals surface area (Å²) < 4.78 is 5.44. The normalized spacial score (nSPS) is 14.4. The van der Waals surface area contributed by atoms with E-state index < -0.39 is 0 Å². The smallest absolute Gasteiger partial charge is 0.243 e. The number of hydrogen-bond donors (Lipinski definition) is 2. The molecule has 0 aromatic heterocycles. The summed E-state index contributed by atoms with van der Waals surface area (Å²) in [5, 5.41) is 3.36. The first-order chi connectivity index (χ1) is 16.8. The minimum atomic E-state index is -0.279. The Morgan fingerprint density at radius 3 is 2.74 bits per heavy atom. The number of rotatable bonds is 9. The maximum atomic E-state index is 12.8. The molecule has 0 unspecified atom stereocenters. The summed E-state index contributed by atoms with van der Waals surface area (Å²) in [6.45, 7) is 6.48. The third-order valence-corrected chi connectivity index (χ3v) is 5.69. The number of nitrogens with zero attached hydrogens (tertiary/aromatic N) is 4. The molecule has 1 fully saturated rings. The van der Waals surface area contributed by atoms with Gasteiger partial charge in [0.1, 0.15) is 17.8 Å². The molecule has 184 valence electrons. The predicted octanol–water partition coefficient (Wildman–Crippen LogP) is 3.40. The number of aliphatic imine (C=N–C) groups is 2. The monoisotopic (exact) mass is 496 g/mol. The largest absolute Gasteiger partial charge is 0.494 e. The Morgan fingerprint density at radius 2 is 2.09 bits per heavy atom. The highest BCUT2D eigenvalue weighted by atomic mass is 35.5. The van der Waals surface area contributed by atoms with E-state index in [-0.39, 0.29) is 24.9 Å². The molecule has 2 aromatic rings. The predicted molar refractivity (Wildman–Crippen MR) is 141 cm³/mol. The van der Waals surface area contributed by atoms with Crippen LogP contribution in [0.4, 0.5) is 17.1 Å². The first-order valence-corrected chi connectivity index (χ1v) is 11.4. The molecule has 10 heteroatoms. The Hall–Kier alpha value is -3.85. The van der Waals surface area contributed by atoms with Crippen LogP contribution in [0.5, 0.6) is 5.75 Å². The zero-order valence-electron chi connectivity index (χ0n) is 19.8. The van der Waals surface area contributed by atoms with Crippen LogP contribution in [0.3, 0.4) is 0 Å². The summed E-state index contributed by atoms with van der Waals surface area (Å²) in [6.07, 6.45) is 3.78. The molecule has 2 aromatic carbocycles. The minimum absolute atomic E-state index is 0.0310. The Morgan fingerprint density at radius 1 is 1.29 bits per heavy atom. The molecular formula is C25H29ClN6O3. The highest BCUT2D eigenvalue weighted by Crippen LogP contribution is 2.32. The van der Waals surface area contributed by atoms with Gasteiger partial charge in [0.25, 0.3) is 0 Å². The standard InChI is InChI=1S/C25H29ClN6O3/c1-4-5-18-6-7-19(12-21(18)26)30-24(33)14-32-11-10-31(15-25(32)34)20-8-9-22(23(13-20)35-3)29-16-28-17(2)27/h4,6-9,12-13,16H,1,5,10-11,14-15H2,2-3H3,(H,30,33)(H2,27,28,29). The van der Waals surface area contributed by atoms with E-state index in [1.165, 1.54) is 6.34 Å². The molecule has 1 aliphatic heterocycles. The average molecular weight is 497 g/mol. The van der Waals surface area contributed by atoms with E-state index in [1.54, 1.807) is 43.2 Å². The van der Waals surface area contributed by atoms with E-state index >= 15 is 0 Å². The van der Waals surface area contributed by atoms with Gasteiger partial charge in [-0.2, -0.15) is 0 Å². The van der Waals surface area contributed by atoms with Crippen molar-refractivity contribution in [2.45, 2.75) is 13.3 Å². The zero-order chi connectivity index (χ0) is 25.4. The van der Waals surface area contributed by atoms with Crippen LogP contribution < -0.4 is 20.7 Å². The minimum Gasteiger partial charge on any atom is -0.494 e. The van der Waals surface area contributed by atoms with Crippen LogP contribution in [0, 0.1) is 0 Å². The Balaban J connectivity index is 1.59. The van der Waals surface area contributed by atoms with E-state index in [9.17, 15) is 9.59 Å². The number of nitrogens with one attached hydrogen (secondary N) is 1. The summed E-state index contributed by atoms with van der Waals surface area (Å²) in [5.41, 5.74) is 8.45. The topological polar surface area (TPSA) is 113 Å². The molecule has 0 bridgehead atoms. The van der Waals surface area contributed by atoms with Crippen LogP contribution in [0.25, 0.3) is 0 Å². The van der Waals surface area contributed by atoms with Gasteiger partial charge in [-0.05, 0) is 43.2 Å². The molecule has 0 radical (unpaired) electrons. The Bertz CT molecular complexity index is 1160. The zero-order valence-corrected chi connectivity index (χ0v) is 20.6. The van der Waals surface area contributed by atoms with Crippen molar-refractivity contribution < 1.29 is 14.3 Å². The van der Waals surface area contributed by atoms with Crippen molar-refractivity contribution in [1.82, 2.24) is 4.90 Å².